The van der Waals surface area contributed by atoms with Crippen LogP contribution in [0.3, 0.4) is 0 Å². The average Bonchev–Trinajstić information content (AvgIpc) is 2.73. The standard InChI is InChI=1S/C13H14FNO2S/c1-8(16)12-5-10(14)3-4-13(12)17-6-11-7-18-9(2)15-11/h3-5,7-8,16H,6H2,1-2H3/t8-/m1/s1. The highest BCUT2D eigenvalue weighted by atomic mass is 32.1. The highest BCUT2D eigenvalue weighted by Crippen LogP contribution is 2.26. The van der Waals surface area contributed by atoms with Crippen LogP contribution in [0.25, 0.3) is 0 Å². The van der Waals surface area contributed by atoms with Crippen LogP contribution in [0.1, 0.15) is 29.3 Å². The second-order valence-corrected chi connectivity index (χ2v) is 5.07. The van der Waals surface area contributed by atoms with E-state index >= 15 is 0 Å². The molecule has 1 aromatic heterocycles. The molecule has 0 amide bonds. The lowest BCUT2D eigenvalue weighted by molar-refractivity contribution is 0.189. The summed E-state index contributed by atoms with van der Waals surface area (Å²) in [5.74, 6) is 0.0970. The molecule has 0 radical (unpaired) electrons. The normalized spacial score (nSPS) is 12.4. The maximum Gasteiger partial charge on any atom is 0.131 e. The number of aliphatic hydroxyl groups excluding tert-OH is 1. The molecule has 5 heteroatoms. The first kappa shape index (κ1) is 13.0. The van der Waals surface area contributed by atoms with Crippen molar-refractivity contribution in [3.05, 3.63) is 45.7 Å². The highest BCUT2D eigenvalue weighted by molar-refractivity contribution is 7.09. The molecule has 0 fully saturated rings. The lowest BCUT2D eigenvalue weighted by Gasteiger charge is -2.12. The average molecular weight is 267 g/mol. The molecule has 1 atom stereocenters. The van der Waals surface area contributed by atoms with Gasteiger partial charge in [0.2, 0.25) is 0 Å². The van der Waals surface area contributed by atoms with Crippen LogP contribution < -0.4 is 4.74 Å². The Morgan fingerprint density at radius 1 is 1.50 bits per heavy atom. The van der Waals surface area contributed by atoms with Gasteiger partial charge in [0.25, 0.3) is 0 Å². The Morgan fingerprint density at radius 3 is 2.89 bits per heavy atom. The van der Waals surface area contributed by atoms with Crippen molar-refractivity contribution in [2.24, 2.45) is 0 Å². The van der Waals surface area contributed by atoms with E-state index in [9.17, 15) is 9.50 Å². The second-order valence-electron chi connectivity index (χ2n) is 4.00. The van der Waals surface area contributed by atoms with E-state index in [1.165, 1.54) is 18.2 Å². The van der Waals surface area contributed by atoms with Crippen LogP contribution >= 0.6 is 11.3 Å². The minimum atomic E-state index is -0.770. The third kappa shape index (κ3) is 3.05. The van der Waals surface area contributed by atoms with Crippen molar-refractivity contribution in [1.29, 1.82) is 0 Å². The Kier molecular flexibility index (Phi) is 3.93. The van der Waals surface area contributed by atoms with E-state index in [2.05, 4.69) is 4.98 Å². The fourth-order valence-corrected chi connectivity index (χ4v) is 2.20. The van der Waals surface area contributed by atoms with Crippen LogP contribution in [0.2, 0.25) is 0 Å². The maximum absolute atomic E-state index is 13.1. The van der Waals surface area contributed by atoms with Gasteiger partial charge >= 0.3 is 0 Å². The van der Waals surface area contributed by atoms with E-state index < -0.39 is 6.10 Å². The van der Waals surface area contributed by atoms with Crippen molar-refractivity contribution in [3.63, 3.8) is 0 Å². The van der Waals surface area contributed by atoms with Gasteiger partial charge in [-0.15, -0.1) is 11.3 Å². The van der Waals surface area contributed by atoms with E-state index in [0.717, 1.165) is 10.7 Å². The summed E-state index contributed by atoms with van der Waals surface area (Å²) in [6, 6.07) is 4.12. The summed E-state index contributed by atoms with van der Waals surface area (Å²) in [7, 11) is 0. The molecule has 0 saturated heterocycles. The Bertz CT molecular complexity index is 540. The van der Waals surface area contributed by atoms with Crippen LogP contribution in [-0.4, -0.2) is 10.1 Å². The molecule has 3 nitrogen and oxygen atoms in total. The van der Waals surface area contributed by atoms with Gasteiger partial charge < -0.3 is 9.84 Å². The summed E-state index contributed by atoms with van der Waals surface area (Å²) in [5.41, 5.74) is 1.28. The lowest BCUT2D eigenvalue weighted by Crippen LogP contribution is -2.02. The zero-order chi connectivity index (χ0) is 13.1. The van der Waals surface area contributed by atoms with Crippen molar-refractivity contribution in [1.82, 2.24) is 4.98 Å². The largest absolute Gasteiger partial charge is 0.487 e. The van der Waals surface area contributed by atoms with Crippen LogP contribution in [0.15, 0.2) is 23.6 Å². The molecule has 0 saturated carbocycles. The van der Waals surface area contributed by atoms with E-state index in [-0.39, 0.29) is 5.82 Å². The van der Waals surface area contributed by atoms with Gasteiger partial charge in [0, 0.05) is 10.9 Å². The van der Waals surface area contributed by atoms with Crippen LogP contribution in [0.5, 0.6) is 5.75 Å². The number of thiazole rings is 1. The molecule has 0 aliphatic carbocycles. The monoisotopic (exact) mass is 267 g/mol. The summed E-state index contributed by atoms with van der Waals surface area (Å²) in [6.07, 6.45) is -0.770. The number of halogens is 1. The summed E-state index contributed by atoms with van der Waals surface area (Å²) in [6.45, 7) is 3.82. The van der Waals surface area contributed by atoms with Gasteiger partial charge in [-0.05, 0) is 32.0 Å². The molecule has 1 N–H and O–H groups in total. The molecule has 18 heavy (non-hydrogen) atoms. The Hall–Kier alpha value is -1.46. The number of ether oxygens (including phenoxy) is 1. The van der Waals surface area contributed by atoms with Crippen LogP contribution in [-0.2, 0) is 6.61 Å². The predicted octanol–water partition coefficient (Wildman–Crippen LogP) is 3.22. The SMILES string of the molecule is Cc1nc(COc2ccc(F)cc2[C@@H](C)O)cs1. The lowest BCUT2D eigenvalue weighted by atomic mass is 10.1. The van der Waals surface area contributed by atoms with Crippen molar-refractivity contribution in [3.8, 4) is 5.75 Å². The predicted molar refractivity (Wildman–Crippen MR) is 68.2 cm³/mol. The van der Waals surface area contributed by atoms with Crippen molar-refractivity contribution < 1.29 is 14.2 Å². The molecule has 0 spiro atoms. The quantitative estimate of drug-likeness (QED) is 0.924. The third-order valence-electron chi connectivity index (χ3n) is 2.46. The number of rotatable bonds is 4. The third-order valence-corrected chi connectivity index (χ3v) is 3.29. The number of aromatic nitrogens is 1. The number of hydrogen-bond acceptors (Lipinski definition) is 4. The van der Waals surface area contributed by atoms with Gasteiger partial charge in [0.15, 0.2) is 0 Å². The maximum atomic E-state index is 13.1. The fraction of sp³-hybridized carbons (Fsp3) is 0.308. The number of nitrogens with zero attached hydrogens (tertiary/aromatic N) is 1. The zero-order valence-electron chi connectivity index (χ0n) is 10.2. The molecule has 2 rings (SSSR count). The minimum Gasteiger partial charge on any atom is -0.487 e. The number of hydrogen-bond donors (Lipinski definition) is 1. The first-order chi connectivity index (χ1) is 8.56. The molecule has 0 unspecified atom stereocenters. The Balaban J connectivity index is 2.13. The van der Waals surface area contributed by atoms with Gasteiger partial charge in [-0.3, -0.25) is 0 Å². The van der Waals surface area contributed by atoms with E-state index in [0.29, 0.717) is 17.9 Å². The van der Waals surface area contributed by atoms with Gasteiger partial charge in [-0.1, -0.05) is 0 Å². The number of aliphatic hydroxyl groups is 1. The van der Waals surface area contributed by atoms with Crippen molar-refractivity contribution in [2.75, 3.05) is 0 Å². The van der Waals surface area contributed by atoms with Gasteiger partial charge in [-0.2, -0.15) is 0 Å². The summed E-state index contributed by atoms with van der Waals surface area (Å²) in [5, 5.41) is 12.5. The summed E-state index contributed by atoms with van der Waals surface area (Å²) in [4.78, 5) is 4.27. The van der Waals surface area contributed by atoms with Crippen molar-refractivity contribution in [2.45, 2.75) is 26.6 Å². The molecule has 0 aliphatic rings. The molecule has 2 aromatic rings. The fourth-order valence-electron chi connectivity index (χ4n) is 1.60. The van der Waals surface area contributed by atoms with Gasteiger partial charge in [0.05, 0.1) is 16.8 Å². The molecular formula is C13H14FNO2S. The molecule has 0 aliphatic heterocycles. The van der Waals surface area contributed by atoms with E-state index in [1.807, 2.05) is 12.3 Å². The second kappa shape index (κ2) is 5.46. The topological polar surface area (TPSA) is 42.4 Å². The molecule has 1 heterocycles. The smallest absolute Gasteiger partial charge is 0.131 e. The van der Waals surface area contributed by atoms with Crippen LogP contribution in [0.4, 0.5) is 4.39 Å². The molecule has 0 bridgehead atoms. The minimum absolute atomic E-state index is 0.315. The first-order valence-corrected chi connectivity index (χ1v) is 6.45. The van der Waals surface area contributed by atoms with E-state index in [4.69, 9.17) is 4.74 Å². The summed E-state index contributed by atoms with van der Waals surface area (Å²) >= 11 is 1.55. The number of aryl methyl sites for hydroxylation is 1. The number of benzene rings is 1. The zero-order valence-corrected chi connectivity index (χ0v) is 11.0. The Labute approximate surface area is 109 Å². The molecular weight excluding hydrogens is 253 g/mol. The summed E-state index contributed by atoms with van der Waals surface area (Å²) < 4.78 is 18.7. The van der Waals surface area contributed by atoms with E-state index in [1.54, 1.807) is 18.3 Å². The molecule has 96 valence electrons. The van der Waals surface area contributed by atoms with Crippen molar-refractivity contribution >= 4 is 11.3 Å². The Morgan fingerprint density at radius 2 is 2.28 bits per heavy atom. The molecule has 1 aromatic carbocycles. The van der Waals surface area contributed by atoms with Gasteiger partial charge in [-0.25, -0.2) is 9.37 Å². The van der Waals surface area contributed by atoms with Crippen LogP contribution in [0, 0.1) is 12.7 Å². The highest BCUT2D eigenvalue weighted by Gasteiger charge is 2.11. The van der Waals surface area contributed by atoms with Gasteiger partial charge in [0.1, 0.15) is 18.2 Å². The first-order valence-electron chi connectivity index (χ1n) is 5.57.